The second-order valence-electron chi connectivity index (χ2n) is 9.44. The van der Waals surface area contributed by atoms with E-state index in [4.69, 9.17) is 19.9 Å². The minimum Gasteiger partial charge on any atom is -0.493 e. The Morgan fingerprint density at radius 2 is 2.07 bits per heavy atom. The van der Waals surface area contributed by atoms with Crippen LogP contribution in [0.3, 0.4) is 0 Å². The van der Waals surface area contributed by atoms with Gasteiger partial charge in [0.25, 0.3) is 0 Å². The molecule has 1 fully saturated rings. The minimum absolute atomic E-state index is 0.0282. The molecule has 2 N–H and O–H groups in total. The summed E-state index contributed by atoms with van der Waals surface area (Å²) in [7, 11) is 3.82. The normalized spacial score (nSPS) is 29.3. The van der Waals surface area contributed by atoms with Gasteiger partial charge in [-0.1, -0.05) is 25.3 Å². The number of methoxy groups -OCH3 is 1. The van der Waals surface area contributed by atoms with Gasteiger partial charge >= 0.3 is 5.97 Å². The topological polar surface area (TPSA) is 74.0 Å². The molecule has 0 amide bonds. The van der Waals surface area contributed by atoms with Gasteiger partial charge in [-0.05, 0) is 43.2 Å². The van der Waals surface area contributed by atoms with Crippen LogP contribution in [0.4, 0.5) is 0 Å². The highest BCUT2D eigenvalue weighted by Crippen LogP contribution is 2.53. The van der Waals surface area contributed by atoms with E-state index < -0.39 is 5.41 Å². The van der Waals surface area contributed by atoms with Crippen molar-refractivity contribution in [1.82, 2.24) is 4.90 Å². The number of hydrogen-bond donors (Lipinski definition) is 1. The largest absolute Gasteiger partial charge is 0.493 e. The van der Waals surface area contributed by atoms with Crippen molar-refractivity contribution in [2.24, 2.45) is 11.1 Å². The molecule has 1 aromatic carbocycles. The quantitative estimate of drug-likeness (QED) is 0.605. The zero-order chi connectivity index (χ0) is 20.9. The van der Waals surface area contributed by atoms with Crippen molar-refractivity contribution in [1.29, 1.82) is 0 Å². The molecule has 5 rings (SSSR count). The Bertz CT molecular complexity index is 874. The lowest BCUT2D eigenvalue weighted by atomic mass is 9.74. The smallest absolute Gasteiger partial charge is 0.313 e. The molecule has 2 aliphatic carbocycles. The summed E-state index contributed by atoms with van der Waals surface area (Å²) in [4.78, 5) is 15.5. The number of nitrogens with zero attached hydrogens (tertiary/aromatic N) is 1. The summed E-state index contributed by atoms with van der Waals surface area (Å²) in [5.41, 5.74) is 9.38. The third-order valence-corrected chi connectivity index (χ3v) is 7.47. The van der Waals surface area contributed by atoms with E-state index in [9.17, 15) is 4.79 Å². The predicted molar refractivity (Wildman–Crippen MR) is 114 cm³/mol. The van der Waals surface area contributed by atoms with E-state index in [-0.39, 0.29) is 24.1 Å². The van der Waals surface area contributed by atoms with Gasteiger partial charge in [0.1, 0.15) is 12.2 Å². The molecule has 162 valence electrons. The first-order valence-electron chi connectivity index (χ1n) is 11.2. The molecule has 0 saturated heterocycles. The molecule has 6 heteroatoms. The Labute approximate surface area is 178 Å². The van der Waals surface area contributed by atoms with E-state index in [2.05, 4.69) is 24.1 Å². The van der Waals surface area contributed by atoms with Crippen LogP contribution in [0.15, 0.2) is 23.8 Å². The number of carbonyl (C=O) groups excluding carboxylic acids is 1. The summed E-state index contributed by atoms with van der Waals surface area (Å²) in [6.45, 7) is 2.08. The number of esters is 1. The van der Waals surface area contributed by atoms with Gasteiger partial charge in [-0.15, -0.1) is 0 Å². The first-order valence-corrected chi connectivity index (χ1v) is 11.2. The highest BCUT2D eigenvalue weighted by Gasteiger charge is 2.47. The van der Waals surface area contributed by atoms with Crippen LogP contribution >= 0.6 is 0 Å². The number of nitrogens with two attached hydrogens (primary N) is 1. The Morgan fingerprint density at radius 3 is 2.80 bits per heavy atom. The zero-order valence-electron chi connectivity index (χ0n) is 18.0. The maximum atomic E-state index is 13.2. The lowest BCUT2D eigenvalue weighted by molar-refractivity contribution is -0.162. The van der Waals surface area contributed by atoms with E-state index in [0.29, 0.717) is 13.0 Å². The van der Waals surface area contributed by atoms with E-state index in [1.807, 2.05) is 6.07 Å². The maximum absolute atomic E-state index is 13.2. The van der Waals surface area contributed by atoms with Crippen LogP contribution in [0.25, 0.3) is 0 Å². The fourth-order valence-corrected chi connectivity index (χ4v) is 5.91. The van der Waals surface area contributed by atoms with Crippen LogP contribution in [0, 0.1) is 5.41 Å². The van der Waals surface area contributed by atoms with Gasteiger partial charge in [0, 0.05) is 37.5 Å². The minimum atomic E-state index is -0.510. The molecule has 4 aliphatic rings. The Kier molecular flexibility index (Phi) is 5.02. The second kappa shape index (κ2) is 7.57. The van der Waals surface area contributed by atoms with E-state index in [1.165, 1.54) is 23.1 Å². The van der Waals surface area contributed by atoms with Crippen LogP contribution in [-0.4, -0.2) is 50.3 Å². The van der Waals surface area contributed by atoms with Crippen molar-refractivity contribution in [3.63, 3.8) is 0 Å². The van der Waals surface area contributed by atoms with Gasteiger partial charge in [-0.2, -0.15) is 0 Å². The van der Waals surface area contributed by atoms with Gasteiger partial charge in [0.15, 0.2) is 11.5 Å². The maximum Gasteiger partial charge on any atom is 0.313 e. The molecule has 6 nitrogen and oxygen atoms in total. The molecular formula is C24H32N2O4. The van der Waals surface area contributed by atoms with Gasteiger partial charge in [0.2, 0.25) is 0 Å². The summed E-state index contributed by atoms with van der Waals surface area (Å²) in [6, 6.07) is 4.16. The van der Waals surface area contributed by atoms with Gasteiger partial charge < -0.3 is 19.9 Å². The molecule has 0 radical (unpaired) electrons. The fraction of sp³-hybridized carbons (Fsp3) is 0.625. The average Bonchev–Trinajstić information content (AvgIpc) is 3.07. The predicted octanol–water partition coefficient (Wildman–Crippen LogP) is 3.14. The molecule has 2 heterocycles. The summed E-state index contributed by atoms with van der Waals surface area (Å²) in [5.74, 6) is 1.73. The first-order chi connectivity index (χ1) is 14.5. The van der Waals surface area contributed by atoms with E-state index in [1.54, 1.807) is 7.11 Å². The van der Waals surface area contributed by atoms with Crippen molar-refractivity contribution < 1.29 is 19.0 Å². The van der Waals surface area contributed by atoms with Crippen LogP contribution < -0.4 is 15.2 Å². The van der Waals surface area contributed by atoms with Crippen LogP contribution in [-0.2, 0) is 16.1 Å². The molecule has 0 spiro atoms. The molecule has 3 unspecified atom stereocenters. The Morgan fingerprint density at radius 1 is 1.27 bits per heavy atom. The summed E-state index contributed by atoms with van der Waals surface area (Å²) < 4.78 is 18.1. The van der Waals surface area contributed by atoms with E-state index >= 15 is 0 Å². The molecule has 1 aromatic rings. The monoisotopic (exact) mass is 412 g/mol. The molecule has 1 saturated carbocycles. The lowest BCUT2D eigenvalue weighted by Gasteiger charge is -2.36. The number of likely N-dealkylation sites (N-methyl/N-ethyl adjacent to an activating group) is 1. The molecule has 30 heavy (non-hydrogen) atoms. The number of ether oxygens (including phenoxy) is 3. The summed E-state index contributed by atoms with van der Waals surface area (Å²) >= 11 is 0. The SMILES string of the molecule is COc1ccc2c3c1OC1CC(OC(=O)C4(CN)CCCCC4)C=C(CN(C)C2)C31. The lowest BCUT2D eigenvalue weighted by Crippen LogP contribution is -2.44. The van der Waals surface area contributed by atoms with Crippen molar-refractivity contribution in [3.8, 4) is 11.5 Å². The van der Waals surface area contributed by atoms with Gasteiger partial charge in [-0.25, -0.2) is 0 Å². The van der Waals surface area contributed by atoms with Crippen LogP contribution in [0.1, 0.15) is 55.6 Å². The van der Waals surface area contributed by atoms with Crippen molar-refractivity contribution >= 4 is 5.97 Å². The fourth-order valence-electron chi connectivity index (χ4n) is 5.91. The highest BCUT2D eigenvalue weighted by molar-refractivity contribution is 5.77. The average molecular weight is 413 g/mol. The summed E-state index contributed by atoms with van der Waals surface area (Å²) in [6.07, 6.45) is 7.50. The van der Waals surface area contributed by atoms with Gasteiger partial charge in [0.05, 0.1) is 12.5 Å². The second-order valence-corrected chi connectivity index (χ2v) is 9.44. The number of benzene rings is 1. The highest BCUT2D eigenvalue weighted by atomic mass is 16.6. The standard InChI is InChI=1S/C24H32N2O4/c1-26-12-15-6-7-18(28-2)22-21(15)20-16(13-26)10-17(11-19(20)30-22)29-23(27)24(14-25)8-4-3-5-9-24/h6-7,10,17,19-20H,3-5,8-9,11-14,25H2,1-2H3. The number of rotatable bonds is 4. The van der Waals surface area contributed by atoms with Crippen LogP contribution in [0.2, 0.25) is 0 Å². The van der Waals surface area contributed by atoms with Crippen molar-refractivity contribution in [3.05, 3.63) is 34.9 Å². The van der Waals surface area contributed by atoms with Gasteiger partial charge in [-0.3, -0.25) is 9.69 Å². The summed E-state index contributed by atoms with van der Waals surface area (Å²) in [5, 5.41) is 0. The third-order valence-electron chi connectivity index (χ3n) is 7.47. The molecule has 3 atom stereocenters. The molecular weight excluding hydrogens is 380 g/mol. The van der Waals surface area contributed by atoms with Crippen molar-refractivity contribution in [2.45, 2.75) is 63.2 Å². The Balaban J connectivity index is 1.44. The molecule has 0 bridgehead atoms. The molecule has 0 aromatic heterocycles. The third kappa shape index (κ3) is 3.12. The van der Waals surface area contributed by atoms with Crippen LogP contribution in [0.5, 0.6) is 11.5 Å². The zero-order valence-corrected chi connectivity index (χ0v) is 18.0. The van der Waals surface area contributed by atoms with E-state index in [0.717, 1.165) is 50.3 Å². The first kappa shape index (κ1) is 19.9. The Hall–Kier alpha value is -2.05. The molecule has 2 aliphatic heterocycles. The number of hydrogen-bond acceptors (Lipinski definition) is 6. The number of carbonyl (C=O) groups is 1. The van der Waals surface area contributed by atoms with Crippen molar-refractivity contribution in [2.75, 3.05) is 27.2 Å².